The Morgan fingerprint density at radius 3 is 2.42 bits per heavy atom. The summed E-state index contributed by atoms with van der Waals surface area (Å²) >= 11 is 0. The lowest BCUT2D eigenvalue weighted by molar-refractivity contribution is -0.115. The van der Waals surface area contributed by atoms with E-state index in [4.69, 9.17) is 0 Å². The van der Waals surface area contributed by atoms with E-state index in [1.165, 1.54) is 60.8 Å². The maximum atomic E-state index is 12.9. The average Bonchev–Trinajstić information content (AvgIpc) is 3.39. The molecule has 1 aliphatic heterocycles. The highest BCUT2D eigenvalue weighted by molar-refractivity contribution is 5.94. The Morgan fingerprint density at radius 1 is 0.850 bits per heavy atom. The predicted octanol–water partition coefficient (Wildman–Crippen LogP) is 7.34. The van der Waals surface area contributed by atoms with Crippen LogP contribution in [0.2, 0.25) is 0 Å². The molecule has 5 aliphatic rings. The molecule has 0 N–H and O–H groups in total. The molecule has 40 heavy (non-hydrogen) atoms. The zero-order valence-corrected chi connectivity index (χ0v) is 24.4. The normalized spacial score (nSPS) is 31.0. The van der Waals surface area contributed by atoms with Gasteiger partial charge in [0.25, 0.3) is 0 Å². The van der Waals surface area contributed by atoms with Crippen LogP contribution < -0.4 is 0 Å². The van der Waals surface area contributed by atoms with Crippen LogP contribution >= 0.6 is 0 Å². The summed E-state index contributed by atoms with van der Waals surface area (Å²) in [6.45, 7) is 9.34. The number of carbonyl (C=O) groups excluding carboxylic acids is 1. The Labute approximate surface area is 241 Å². The number of benzene rings is 2. The van der Waals surface area contributed by atoms with Crippen LogP contribution in [0.5, 0.6) is 0 Å². The number of ketones is 1. The Bertz CT molecular complexity index is 1280. The summed E-state index contributed by atoms with van der Waals surface area (Å²) in [4.78, 5) is 18.1. The second kappa shape index (κ2) is 11.1. The number of allylic oxidation sites excluding steroid dienone is 4. The number of rotatable bonds is 6. The lowest BCUT2D eigenvalue weighted by Crippen LogP contribution is -2.46. The van der Waals surface area contributed by atoms with Gasteiger partial charge in [0, 0.05) is 51.6 Å². The Balaban J connectivity index is 1.01. The Kier molecular flexibility index (Phi) is 7.30. The standard InChI is InChI=1S/C37H46N2O/c1-37-17-5-8-35(37)32-14-13-30-24-31(40)25-34(36(30)33(32)15-18-37)29-11-9-28(10-12-29)26-39-22-20-38(21-23-39)19-16-27-6-3-2-4-7-27/h2-4,6-7,9-12,24,32,34-35H,5,8,13-23,25-26H2,1H3/t32-,34?,35+,37+/m1/s1. The van der Waals surface area contributed by atoms with Gasteiger partial charge in [0.1, 0.15) is 0 Å². The molecule has 7 rings (SSSR count). The van der Waals surface area contributed by atoms with E-state index < -0.39 is 0 Å². The van der Waals surface area contributed by atoms with Crippen molar-refractivity contribution in [1.29, 1.82) is 0 Å². The largest absolute Gasteiger partial charge is 0.300 e. The van der Waals surface area contributed by atoms with Crippen molar-refractivity contribution in [2.24, 2.45) is 17.3 Å². The van der Waals surface area contributed by atoms with Gasteiger partial charge >= 0.3 is 0 Å². The van der Waals surface area contributed by atoms with Crippen molar-refractivity contribution in [3.05, 3.63) is 94.1 Å². The van der Waals surface area contributed by atoms with E-state index in [1.54, 1.807) is 11.1 Å². The van der Waals surface area contributed by atoms with Crippen LogP contribution in [0.15, 0.2) is 77.4 Å². The van der Waals surface area contributed by atoms with Crippen molar-refractivity contribution in [2.45, 2.75) is 77.2 Å². The highest BCUT2D eigenvalue weighted by Gasteiger charge is 2.49. The molecule has 1 unspecified atom stereocenters. The molecule has 0 radical (unpaired) electrons. The van der Waals surface area contributed by atoms with E-state index in [0.29, 0.717) is 17.6 Å². The molecule has 0 spiro atoms. The summed E-state index contributed by atoms with van der Waals surface area (Å²) in [7, 11) is 0. The molecule has 2 aromatic rings. The maximum Gasteiger partial charge on any atom is 0.156 e. The van der Waals surface area contributed by atoms with E-state index >= 15 is 0 Å². The van der Waals surface area contributed by atoms with E-state index in [1.807, 2.05) is 6.08 Å². The predicted molar refractivity (Wildman–Crippen MR) is 163 cm³/mol. The third kappa shape index (κ3) is 5.16. The lowest BCUT2D eigenvalue weighted by Gasteiger charge is -2.48. The van der Waals surface area contributed by atoms with Crippen LogP contribution in [0.4, 0.5) is 0 Å². The molecule has 3 heteroatoms. The summed E-state index contributed by atoms with van der Waals surface area (Å²) < 4.78 is 0. The molecule has 0 bridgehead atoms. The second-order valence-electron chi connectivity index (χ2n) is 13.7. The first-order chi connectivity index (χ1) is 19.6. The SMILES string of the molecule is C[C@@]12CCC[C@H]1[C@@H]1CCC3=CC(=O)CC(c4ccc(CN5CCN(CCc6ccccc6)CC5)cc4)C3=C1CC2. The van der Waals surface area contributed by atoms with Gasteiger partial charge in [-0.2, -0.15) is 0 Å². The van der Waals surface area contributed by atoms with Crippen molar-refractivity contribution < 1.29 is 4.79 Å². The average molecular weight is 535 g/mol. The highest BCUT2D eigenvalue weighted by atomic mass is 16.1. The smallest absolute Gasteiger partial charge is 0.156 e. The van der Waals surface area contributed by atoms with Gasteiger partial charge in [-0.15, -0.1) is 0 Å². The zero-order chi connectivity index (χ0) is 27.1. The number of hydrogen-bond acceptors (Lipinski definition) is 3. The van der Waals surface area contributed by atoms with Crippen molar-refractivity contribution in [2.75, 3.05) is 32.7 Å². The van der Waals surface area contributed by atoms with Gasteiger partial charge in [0.15, 0.2) is 5.78 Å². The van der Waals surface area contributed by atoms with Gasteiger partial charge in [0.05, 0.1) is 0 Å². The van der Waals surface area contributed by atoms with Crippen molar-refractivity contribution in [3.8, 4) is 0 Å². The van der Waals surface area contributed by atoms with Crippen molar-refractivity contribution in [1.82, 2.24) is 9.80 Å². The fourth-order valence-corrected chi connectivity index (χ4v) is 9.12. The minimum atomic E-state index is 0.262. The van der Waals surface area contributed by atoms with Crippen LogP contribution in [0.3, 0.4) is 0 Å². The van der Waals surface area contributed by atoms with Crippen LogP contribution in [-0.2, 0) is 17.8 Å². The second-order valence-corrected chi connectivity index (χ2v) is 13.7. The number of piperazine rings is 1. The monoisotopic (exact) mass is 534 g/mol. The number of carbonyl (C=O) groups is 1. The summed E-state index contributed by atoms with van der Waals surface area (Å²) in [5, 5.41) is 0. The molecule has 210 valence electrons. The minimum absolute atomic E-state index is 0.262. The molecule has 2 aromatic carbocycles. The Hall–Kier alpha value is -2.49. The zero-order valence-electron chi connectivity index (χ0n) is 24.4. The van der Waals surface area contributed by atoms with E-state index in [-0.39, 0.29) is 5.92 Å². The fraction of sp³-hybridized carbons (Fsp3) is 0.541. The molecule has 1 saturated heterocycles. The summed E-state index contributed by atoms with van der Waals surface area (Å²) in [5.41, 5.74) is 9.47. The summed E-state index contributed by atoms with van der Waals surface area (Å²) in [6.07, 6.45) is 13.0. The van der Waals surface area contributed by atoms with Gasteiger partial charge in [-0.1, -0.05) is 73.5 Å². The molecule has 0 aromatic heterocycles. The van der Waals surface area contributed by atoms with Gasteiger partial charge < -0.3 is 4.90 Å². The molecule has 4 atom stereocenters. The summed E-state index contributed by atoms with van der Waals surface area (Å²) in [5.74, 6) is 2.22. The van der Waals surface area contributed by atoms with Gasteiger partial charge in [-0.05, 0) is 96.1 Å². The van der Waals surface area contributed by atoms with Crippen LogP contribution in [0, 0.1) is 17.3 Å². The maximum absolute atomic E-state index is 12.9. The number of fused-ring (bicyclic) bond motifs is 4. The molecule has 2 saturated carbocycles. The molecule has 0 amide bonds. The van der Waals surface area contributed by atoms with Crippen LogP contribution in [-0.4, -0.2) is 48.3 Å². The molecule has 3 nitrogen and oxygen atoms in total. The minimum Gasteiger partial charge on any atom is -0.300 e. The Morgan fingerprint density at radius 2 is 1.62 bits per heavy atom. The van der Waals surface area contributed by atoms with E-state index in [0.717, 1.165) is 63.9 Å². The third-order valence-corrected chi connectivity index (χ3v) is 11.4. The van der Waals surface area contributed by atoms with Crippen LogP contribution in [0.25, 0.3) is 0 Å². The van der Waals surface area contributed by atoms with Crippen molar-refractivity contribution >= 4 is 5.78 Å². The molecule has 4 aliphatic carbocycles. The number of hydrogen-bond donors (Lipinski definition) is 0. The van der Waals surface area contributed by atoms with Gasteiger partial charge in [0.2, 0.25) is 0 Å². The highest BCUT2D eigenvalue weighted by Crippen LogP contribution is 2.61. The first kappa shape index (κ1) is 26.4. The van der Waals surface area contributed by atoms with Gasteiger partial charge in [-0.25, -0.2) is 0 Å². The first-order valence-corrected chi connectivity index (χ1v) is 16.1. The van der Waals surface area contributed by atoms with E-state index in [2.05, 4.69) is 71.3 Å². The molecular formula is C37H46N2O. The van der Waals surface area contributed by atoms with Crippen LogP contribution in [0.1, 0.15) is 80.9 Å². The third-order valence-electron chi connectivity index (χ3n) is 11.4. The van der Waals surface area contributed by atoms with Gasteiger partial charge in [-0.3, -0.25) is 9.69 Å². The molecular weight excluding hydrogens is 488 g/mol. The van der Waals surface area contributed by atoms with Crippen molar-refractivity contribution in [3.63, 3.8) is 0 Å². The van der Waals surface area contributed by atoms with E-state index in [9.17, 15) is 4.79 Å². The fourth-order valence-electron chi connectivity index (χ4n) is 9.12. The number of nitrogens with zero attached hydrogens (tertiary/aromatic N) is 2. The quantitative estimate of drug-likeness (QED) is 0.387. The molecule has 3 fully saturated rings. The molecule has 1 heterocycles. The lowest BCUT2D eigenvalue weighted by atomic mass is 9.56. The topological polar surface area (TPSA) is 23.6 Å². The first-order valence-electron chi connectivity index (χ1n) is 16.1. The summed E-state index contributed by atoms with van der Waals surface area (Å²) in [6, 6.07) is 20.3.